The summed E-state index contributed by atoms with van der Waals surface area (Å²) >= 11 is 5.33. The van der Waals surface area contributed by atoms with E-state index in [9.17, 15) is 9.59 Å². The lowest BCUT2D eigenvalue weighted by molar-refractivity contribution is -0.113. The molecule has 0 amide bonds. The smallest absolute Gasteiger partial charge is 0.178 e. The molecule has 2 rings (SSSR count). The molecule has 76 valence electrons. The summed E-state index contributed by atoms with van der Waals surface area (Å²) in [5.41, 5.74) is 0. The Morgan fingerprint density at radius 3 is 1.80 bits per heavy atom. The van der Waals surface area contributed by atoms with E-state index in [0.29, 0.717) is 5.15 Å². The zero-order chi connectivity index (χ0) is 11.1. The van der Waals surface area contributed by atoms with Gasteiger partial charge in [-0.25, -0.2) is 0 Å². The standard InChI is InChI=1S/C6H4O2.C3H2ClN3/c7-5-1-2-6(8)4-3-5;4-3-1-2-5-7-6-3/h1-4H;1-2H. The summed E-state index contributed by atoms with van der Waals surface area (Å²) in [7, 11) is 0. The Bertz CT molecular complexity index is 377. The minimum Gasteiger partial charge on any atom is -0.290 e. The third kappa shape index (κ3) is 4.78. The lowest BCUT2D eigenvalue weighted by Crippen LogP contribution is -1.97. The minimum atomic E-state index is -0.121. The number of halogens is 1. The normalized spacial score (nSPS) is 13.4. The number of allylic oxidation sites excluding steroid dienone is 4. The third-order valence-electron chi connectivity index (χ3n) is 1.29. The van der Waals surface area contributed by atoms with Gasteiger partial charge >= 0.3 is 0 Å². The Balaban J connectivity index is 0.000000151. The maximum Gasteiger partial charge on any atom is 0.178 e. The molecule has 5 nitrogen and oxygen atoms in total. The van der Waals surface area contributed by atoms with Gasteiger partial charge in [-0.3, -0.25) is 9.59 Å². The minimum absolute atomic E-state index is 0.121. The van der Waals surface area contributed by atoms with E-state index < -0.39 is 0 Å². The Morgan fingerprint density at radius 1 is 1.00 bits per heavy atom. The molecule has 0 saturated heterocycles. The van der Waals surface area contributed by atoms with E-state index in [4.69, 9.17) is 11.6 Å². The van der Waals surface area contributed by atoms with Crippen LogP contribution in [0.5, 0.6) is 0 Å². The molecule has 1 aliphatic rings. The van der Waals surface area contributed by atoms with Crippen molar-refractivity contribution in [3.05, 3.63) is 41.7 Å². The highest BCUT2D eigenvalue weighted by atomic mass is 35.5. The molecule has 0 aliphatic heterocycles. The topological polar surface area (TPSA) is 72.8 Å². The Hall–Kier alpha value is -1.88. The van der Waals surface area contributed by atoms with Crippen molar-refractivity contribution in [3.8, 4) is 0 Å². The SMILES string of the molecule is Clc1ccnnn1.O=C1C=CC(=O)C=C1. The maximum absolute atomic E-state index is 10.3. The van der Waals surface area contributed by atoms with Gasteiger partial charge in [0.1, 0.15) is 0 Å². The lowest BCUT2D eigenvalue weighted by Gasteiger charge is -1.87. The molecular weight excluding hydrogens is 218 g/mol. The summed E-state index contributed by atoms with van der Waals surface area (Å²) < 4.78 is 0. The second-order valence-corrected chi connectivity index (χ2v) is 2.80. The van der Waals surface area contributed by atoms with Crippen LogP contribution in [0.4, 0.5) is 0 Å². The van der Waals surface area contributed by atoms with Crippen LogP contribution in [0.1, 0.15) is 0 Å². The van der Waals surface area contributed by atoms with Crippen molar-refractivity contribution in [2.75, 3.05) is 0 Å². The van der Waals surface area contributed by atoms with Gasteiger partial charge in [-0.15, -0.1) is 10.2 Å². The van der Waals surface area contributed by atoms with E-state index in [1.165, 1.54) is 30.5 Å². The molecule has 1 aliphatic carbocycles. The highest BCUT2D eigenvalue weighted by Crippen LogP contribution is 1.94. The van der Waals surface area contributed by atoms with E-state index in [2.05, 4.69) is 15.4 Å². The van der Waals surface area contributed by atoms with Crippen LogP contribution >= 0.6 is 11.6 Å². The lowest BCUT2D eigenvalue weighted by atomic mass is 10.2. The van der Waals surface area contributed by atoms with Crippen LogP contribution in [-0.4, -0.2) is 27.0 Å². The second-order valence-electron chi connectivity index (χ2n) is 2.41. The predicted octanol–water partition coefficient (Wildman–Crippen LogP) is 0.776. The van der Waals surface area contributed by atoms with Crippen LogP contribution in [0.25, 0.3) is 0 Å². The number of rotatable bonds is 0. The predicted molar refractivity (Wildman–Crippen MR) is 53.1 cm³/mol. The fraction of sp³-hybridized carbons (Fsp3) is 0. The van der Waals surface area contributed by atoms with Crippen molar-refractivity contribution in [1.82, 2.24) is 15.4 Å². The fourth-order valence-corrected chi connectivity index (χ4v) is 0.756. The zero-order valence-electron chi connectivity index (χ0n) is 7.50. The van der Waals surface area contributed by atoms with Gasteiger partial charge in [0.05, 0.1) is 6.20 Å². The van der Waals surface area contributed by atoms with Crippen LogP contribution in [0.2, 0.25) is 5.15 Å². The van der Waals surface area contributed by atoms with Gasteiger partial charge in [-0.05, 0) is 35.6 Å². The molecule has 1 aromatic heterocycles. The van der Waals surface area contributed by atoms with Crippen LogP contribution in [0.15, 0.2) is 36.6 Å². The number of nitrogens with zero attached hydrogens (tertiary/aromatic N) is 3. The summed E-state index contributed by atoms with van der Waals surface area (Å²) in [5, 5.41) is 10.4. The monoisotopic (exact) mass is 223 g/mol. The molecule has 1 heterocycles. The van der Waals surface area contributed by atoms with E-state index in [-0.39, 0.29) is 11.6 Å². The van der Waals surface area contributed by atoms with Crippen LogP contribution < -0.4 is 0 Å². The van der Waals surface area contributed by atoms with Crippen molar-refractivity contribution in [1.29, 1.82) is 0 Å². The highest BCUT2D eigenvalue weighted by molar-refractivity contribution is 6.29. The molecule has 0 spiro atoms. The summed E-state index contributed by atoms with van der Waals surface area (Å²) in [4.78, 5) is 20.6. The Kier molecular flexibility index (Phi) is 4.30. The molecule has 0 bridgehead atoms. The van der Waals surface area contributed by atoms with Crippen molar-refractivity contribution in [2.24, 2.45) is 0 Å². The summed E-state index contributed by atoms with van der Waals surface area (Å²) in [6.07, 6.45) is 6.49. The van der Waals surface area contributed by atoms with Gasteiger partial charge in [-0.1, -0.05) is 11.6 Å². The Morgan fingerprint density at radius 2 is 1.53 bits per heavy atom. The highest BCUT2D eigenvalue weighted by Gasteiger charge is 1.97. The van der Waals surface area contributed by atoms with Gasteiger partial charge < -0.3 is 0 Å². The summed E-state index contributed by atoms with van der Waals surface area (Å²) in [6.45, 7) is 0. The van der Waals surface area contributed by atoms with Crippen LogP contribution in [0, 0.1) is 0 Å². The number of hydrogen-bond acceptors (Lipinski definition) is 5. The first-order valence-electron chi connectivity index (χ1n) is 3.92. The first-order valence-corrected chi connectivity index (χ1v) is 4.30. The summed E-state index contributed by atoms with van der Waals surface area (Å²) in [6, 6.07) is 1.56. The van der Waals surface area contributed by atoms with Gasteiger partial charge in [0.2, 0.25) is 0 Å². The van der Waals surface area contributed by atoms with Crippen molar-refractivity contribution in [2.45, 2.75) is 0 Å². The largest absolute Gasteiger partial charge is 0.290 e. The molecule has 1 aromatic rings. The van der Waals surface area contributed by atoms with Gasteiger partial charge in [0.15, 0.2) is 16.7 Å². The molecule has 0 unspecified atom stereocenters. The molecule has 0 N–H and O–H groups in total. The van der Waals surface area contributed by atoms with E-state index >= 15 is 0 Å². The quantitative estimate of drug-likeness (QED) is 0.608. The van der Waals surface area contributed by atoms with Crippen LogP contribution in [0.3, 0.4) is 0 Å². The van der Waals surface area contributed by atoms with E-state index in [0.717, 1.165) is 0 Å². The van der Waals surface area contributed by atoms with Crippen LogP contribution in [-0.2, 0) is 9.59 Å². The van der Waals surface area contributed by atoms with Gasteiger partial charge in [0.25, 0.3) is 0 Å². The molecule has 0 fully saturated rings. The summed E-state index contributed by atoms with van der Waals surface area (Å²) in [5.74, 6) is -0.241. The average molecular weight is 224 g/mol. The molecule has 0 aromatic carbocycles. The molecule has 0 atom stereocenters. The van der Waals surface area contributed by atoms with E-state index in [1.807, 2.05) is 0 Å². The molecule has 0 radical (unpaired) electrons. The van der Waals surface area contributed by atoms with Crippen molar-refractivity contribution >= 4 is 23.2 Å². The first kappa shape index (κ1) is 11.2. The molecular formula is C9H6ClN3O2. The van der Waals surface area contributed by atoms with Gasteiger partial charge in [0, 0.05) is 0 Å². The Labute approximate surface area is 90.5 Å². The van der Waals surface area contributed by atoms with Gasteiger partial charge in [-0.2, -0.15) is 0 Å². The molecule has 0 saturated carbocycles. The average Bonchev–Trinajstić information content (AvgIpc) is 2.25. The zero-order valence-corrected chi connectivity index (χ0v) is 8.26. The third-order valence-corrected chi connectivity index (χ3v) is 1.50. The number of carbonyl (C=O) groups excluding carboxylic acids is 2. The number of ketones is 2. The fourth-order valence-electron chi connectivity index (χ4n) is 0.666. The maximum atomic E-state index is 10.3. The second kappa shape index (κ2) is 5.77. The van der Waals surface area contributed by atoms with E-state index in [1.54, 1.807) is 6.07 Å². The van der Waals surface area contributed by atoms with Crippen molar-refractivity contribution in [3.63, 3.8) is 0 Å². The molecule has 6 heteroatoms. The van der Waals surface area contributed by atoms with Crippen molar-refractivity contribution < 1.29 is 9.59 Å². The molecule has 15 heavy (non-hydrogen) atoms. The number of carbonyl (C=O) groups is 2. The number of hydrogen-bond donors (Lipinski definition) is 0. The number of aromatic nitrogens is 3. The first-order chi connectivity index (χ1) is 7.18.